The van der Waals surface area contributed by atoms with E-state index >= 15 is 0 Å². The molecule has 20 heavy (non-hydrogen) atoms. The molecule has 0 spiro atoms. The van der Waals surface area contributed by atoms with Gasteiger partial charge < -0.3 is 5.11 Å². The summed E-state index contributed by atoms with van der Waals surface area (Å²) in [6.45, 7) is 3.66. The Morgan fingerprint density at radius 2 is 1.90 bits per heavy atom. The van der Waals surface area contributed by atoms with Crippen LogP contribution in [-0.4, -0.2) is 25.2 Å². The predicted octanol–water partition coefficient (Wildman–Crippen LogP) is 2.45. The second-order valence-electron chi connectivity index (χ2n) is 4.72. The Labute approximate surface area is 115 Å². The van der Waals surface area contributed by atoms with Gasteiger partial charge in [-0.3, -0.25) is 4.72 Å². The maximum Gasteiger partial charge on any atom is 0.338 e. The van der Waals surface area contributed by atoms with Gasteiger partial charge >= 0.3 is 5.97 Å². The highest BCUT2D eigenvalue weighted by atomic mass is 32.2. The van der Waals surface area contributed by atoms with Crippen LogP contribution in [0.25, 0.3) is 0 Å². The zero-order valence-corrected chi connectivity index (χ0v) is 11.8. The molecule has 2 N–H and O–H groups in total. The van der Waals surface area contributed by atoms with Crippen LogP contribution in [-0.2, 0) is 10.0 Å². The van der Waals surface area contributed by atoms with Crippen molar-refractivity contribution < 1.29 is 27.1 Å². The molecule has 0 aromatic heterocycles. The Morgan fingerprint density at radius 3 is 2.40 bits per heavy atom. The third-order valence-electron chi connectivity index (χ3n) is 2.52. The molecule has 0 heterocycles. The van der Waals surface area contributed by atoms with Crippen LogP contribution in [0, 0.1) is 17.6 Å². The fourth-order valence-electron chi connectivity index (χ4n) is 1.40. The zero-order valence-electron chi connectivity index (χ0n) is 11.0. The van der Waals surface area contributed by atoms with Crippen molar-refractivity contribution in [2.75, 3.05) is 10.5 Å². The molecule has 1 aromatic rings. The molecule has 0 unspecified atom stereocenters. The average molecular weight is 307 g/mol. The first-order valence-electron chi connectivity index (χ1n) is 5.85. The molecule has 0 radical (unpaired) electrons. The highest BCUT2D eigenvalue weighted by molar-refractivity contribution is 7.92. The molecule has 0 bridgehead atoms. The Kier molecular flexibility index (Phi) is 5.04. The van der Waals surface area contributed by atoms with Crippen LogP contribution in [0.3, 0.4) is 0 Å². The number of aromatic carboxylic acids is 1. The first kappa shape index (κ1) is 16.4. The number of carbonyl (C=O) groups is 1. The third kappa shape index (κ3) is 4.44. The van der Waals surface area contributed by atoms with Gasteiger partial charge in [0.2, 0.25) is 10.0 Å². The topological polar surface area (TPSA) is 83.5 Å². The number of carboxylic acids is 1. The summed E-state index contributed by atoms with van der Waals surface area (Å²) in [5.74, 6) is -4.13. The van der Waals surface area contributed by atoms with Gasteiger partial charge in [0.25, 0.3) is 0 Å². The van der Waals surface area contributed by atoms with E-state index in [1.165, 1.54) is 0 Å². The van der Waals surface area contributed by atoms with Crippen molar-refractivity contribution in [2.24, 2.45) is 5.92 Å². The molecule has 0 amide bonds. The molecule has 0 aliphatic heterocycles. The fourth-order valence-corrected chi connectivity index (χ4v) is 2.78. The van der Waals surface area contributed by atoms with E-state index in [2.05, 4.69) is 0 Å². The molecule has 1 aromatic carbocycles. The molecule has 0 aliphatic rings. The largest absolute Gasteiger partial charge is 0.478 e. The van der Waals surface area contributed by atoms with Crippen LogP contribution in [0.1, 0.15) is 30.6 Å². The van der Waals surface area contributed by atoms with Crippen LogP contribution in [0.4, 0.5) is 14.5 Å². The fraction of sp³-hybridized carbons (Fsp3) is 0.417. The summed E-state index contributed by atoms with van der Waals surface area (Å²) in [6, 6.07) is 0.962. The normalized spacial score (nSPS) is 11.7. The summed E-state index contributed by atoms with van der Waals surface area (Å²) in [6.07, 6.45) is 0.365. The summed E-state index contributed by atoms with van der Waals surface area (Å²) in [4.78, 5) is 10.7. The maximum absolute atomic E-state index is 13.5. The number of halogens is 2. The monoisotopic (exact) mass is 307 g/mol. The number of carboxylic acid groups (broad SMARTS) is 1. The second-order valence-corrected chi connectivity index (χ2v) is 6.56. The molecule has 0 atom stereocenters. The van der Waals surface area contributed by atoms with Crippen molar-refractivity contribution in [3.05, 3.63) is 29.3 Å². The molecular formula is C12H15F2NO4S. The molecule has 1 rings (SSSR count). The lowest BCUT2D eigenvalue weighted by atomic mass is 10.2. The van der Waals surface area contributed by atoms with Crippen LogP contribution in [0.2, 0.25) is 0 Å². The first-order valence-corrected chi connectivity index (χ1v) is 7.50. The average Bonchev–Trinajstić information content (AvgIpc) is 2.29. The van der Waals surface area contributed by atoms with Gasteiger partial charge in [-0.05, 0) is 18.4 Å². The lowest BCUT2D eigenvalue weighted by molar-refractivity contribution is 0.0692. The minimum atomic E-state index is -3.81. The lowest BCUT2D eigenvalue weighted by Crippen LogP contribution is -2.19. The van der Waals surface area contributed by atoms with Gasteiger partial charge in [0.1, 0.15) is 11.6 Å². The van der Waals surface area contributed by atoms with Crippen molar-refractivity contribution in [1.82, 2.24) is 0 Å². The van der Waals surface area contributed by atoms with Gasteiger partial charge in [-0.15, -0.1) is 0 Å². The number of hydrogen-bond donors (Lipinski definition) is 2. The van der Waals surface area contributed by atoms with Crippen molar-refractivity contribution in [3.8, 4) is 0 Å². The number of nitrogens with one attached hydrogen (secondary N) is 1. The second kappa shape index (κ2) is 6.17. The molecule has 0 aliphatic carbocycles. The Hall–Kier alpha value is -1.70. The highest BCUT2D eigenvalue weighted by Gasteiger charge is 2.19. The molecule has 112 valence electrons. The summed E-state index contributed by atoms with van der Waals surface area (Å²) >= 11 is 0. The number of benzene rings is 1. The number of anilines is 1. The molecule has 0 saturated carbocycles. The van der Waals surface area contributed by atoms with E-state index in [-0.39, 0.29) is 11.7 Å². The Balaban J connectivity index is 3.03. The smallest absolute Gasteiger partial charge is 0.338 e. The summed E-state index contributed by atoms with van der Waals surface area (Å²) in [5, 5.41) is 8.72. The van der Waals surface area contributed by atoms with E-state index in [4.69, 9.17) is 5.11 Å². The summed E-state index contributed by atoms with van der Waals surface area (Å²) in [5.41, 5.74) is -1.37. The van der Waals surface area contributed by atoms with Crippen molar-refractivity contribution >= 4 is 21.7 Å². The van der Waals surface area contributed by atoms with Gasteiger partial charge in [-0.2, -0.15) is 0 Å². The van der Waals surface area contributed by atoms with E-state index in [0.29, 0.717) is 18.6 Å². The predicted molar refractivity (Wildman–Crippen MR) is 70.2 cm³/mol. The maximum atomic E-state index is 13.5. The van der Waals surface area contributed by atoms with Crippen molar-refractivity contribution in [3.63, 3.8) is 0 Å². The Morgan fingerprint density at radius 1 is 1.30 bits per heavy atom. The van der Waals surface area contributed by atoms with Gasteiger partial charge in [0.15, 0.2) is 0 Å². The van der Waals surface area contributed by atoms with Crippen LogP contribution in [0.15, 0.2) is 12.1 Å². The van der Waals surface area contributed by atoms with E-state index in [1.807, 2.05) is 18.6 Å². The molecular weight excluding hydrogens is 292 g/mol. The van der Waals surface area contributed by atoms with E-state index in [9.17, 15) is 22.0 Å². The van der Waals surface area contributed by atoms with E-state index in [1.54, 1.807) is 0 Å². The van der Waals surface area contributed by atoms with Crippen LogP contribution >= 0.6 is 0 Å². The lowest BCUT2D eigenvalue weighted by Gasteiger charge is -2.11. The van der Waals surface area contributed by atoms with Crippen molar-refractivity contribution in [2.45, 2.75) is 20.3 Å². The van der Waals surface area contributed by atoms with Crippen molar-refractivity contribution in [1.29, 1.82) is 0 Å². The minimum Gasteiger partial charge on any atom is -0.478 e. The molecule has 0 fully saturated rings. The van der Waals surface area contributed by atoms with E-state index < -0.39 is 38.9 Å². The van der Waals surface area contributed by atoms with E-state index in [0.717, 1.165) is 0 Å². The van der Waals surface area contributed by atoms with Gasteiger partial charge in [0.05, 0.1) is 17.0 Å². The molecule has 8 heteroatoms. The SMILES string of the molecule is CC(C)CCS(=O)(=O)Nc1cc(C(=O)O)c(F)cc1F. The van der Waals surface area contributed by atoms with Crippen LogP contribution in [0.5, 0.6) is 0 Å². The number of hydrogen-bond acceptors (Lipinski definition) is 3. The molecule has 0 saturated heterocycles. The zero-order chi connectivity index (χ0) is 15.5. The minimum absolute atomic E-state index is 0.138. The first-order chi connectivity index (χ1) is 9.12. The van der Waals surface area contributed by atoms with Gasteiger partial charge in [-0.25, -0.2) is 22.0 Å². The van der Waals surface area contributed by atoms with Crippen LogP contribution < -0.4 is 4.72 Å². The quantitative estimate of drug-likeness (QED) is 0.845. The standard InChI is InChI=1S/C12H15F2NO4S/c1-7(2)3-4-20(18,19)15-11-5-8(12(16)17)9(13)6-10(11)14/h5-7,15H,3-4H2,1-2H3,(H,16,17). The third-order valence-corrected chi connectivity index (χ3v) is 3.82. The Bertz CT molecular complexity index is 614. The molecule has 5 nitrogen and oxygen atoms in total. The number of rotatable bonds is 6. The highest BCUT2D eigenvalue weighted by Crippen LogP contribution is 2.21. The number of sulfonamides is 1. The summed E-state index contributed by atoms with van der Waals surface area (Å²) < 4.78 is 52.0. The van der Waals surface area contributed by atoms with Gasteiger partial charge in [-0.1, -0.05) is 13.8 Å². The summed E-state index contributed by atoms with van der Waals surface area (Å²) in [7, 11) is -3.81. The van der Waals surface area contributed by atoms with Gasteiger partial charge in [0, 0.05) is 6.07 Å².